The summed E-state index contributed by atoms with van der Waals surface area (Å²) in [6, 6.07) is 2.35. The van der Waals surface area contributed by atoms with E-state index in [1.54, 1.807) is 0 Å². The van der Waals surface area contributed by atoms with Gasteiger partial charge in [0, 0.05) is 11.6 Å². The Morgan fingerprint density at radius 2 is 1.81 bits per heavy atom. The maximum absolute atomic E-state index is 12.0. The van der Waals surface area contributed by atoms with Gasteiger partial charge in [-0.1, -0.05) is 12.1 Å². The van der Waals surface area contributed by atoms with Crippen molar-refractivity contribution in [2.45, 2.75) is 18.6 Å². The lowest BCUT2D eigenvalue weighted by Gasteiger charge is -2.15. The molecule has 0 aliphatic carbocycles. The molecule has 7 heteroatoms. The van der Waals surface area contributed by atoms with E-state index in [1.165, 1.54) is 18.2 Å². The van der Waals surface area contributed by atoms with Crippen LogP contribution in [0, 0.1) is 0 Å². The van der Waals surface area contributed by atoms with Crippen LogP contribution in [0.3, 0.4) is 0 Å². The minimum absolute atomic E-state index is 0. The van der Waals surface area contributed by atoms with Crippen molar-refractivity contribution in [2.24, 2.45) is 5.73 Å². The molecule has 92 valence electrons. The molecule has 0 saturated heterocycles. The number of nitrogens with two attached hydrogens (primary N) is 1. The van der Waals surface area contributed by atoms with E-state index in [-0.39, 0.29) is 18.0 Å². The van der Waals surface area contributed by atoms with Crippen LogP contribution in [0.2, 0.25) is 0 Å². The average Bonchev–Trinajstić information content (AvgIpc) is 2.06. The third-order valence-electron chi connectivity index (χ3n) is 1.90. The largest absolute Gasteiger partial charge is 0.504 e. The standard InChI is InChI=1S/C9H10F3NO2.ClH/c10-9(11,12)4-6(13)5-2-1-3-7(14)8(5)15;/h1-3,6,14-15H,4,13H2;1H/t6-;/m0./s1. The lowest BCUT2D eigenvalue weighted by atomic mass is 10.0. The van der Waals surface area contributed by atoms with Crippen LogP contribution in [0.25, 0.3) is 0 Å². The maximum Gasteiger partial charge on any atom is 0.390 e. The summed E-state index contributed by atoms with van der Waals surface area (Å²) < 4.78 is 36.0. The highest BCUT2D eigenvalue weighted by Crippen LogP contribution is 2.36. The molecule has 0 aliphatic heterocycles. The van der Waals surface area contributed by atoms with Crippen LogP contribution in [0.1, 0.15) is 18.0 Å². The number of hydrogen-bond donors (Lipinski definition) is 3. The number of halogens is 4. The molecular weight excluding hydrogens is 247 g/mol. The predicted molar refractivity (Wildman–Crippen MR) is 54.6 cm³/mol. The van der Waals surface area contributed by atoms with Crippen molar-refractivity contribution in [3.63, 3.8) is 0 Å². The van der Waals surface area contributed by atoms with Crippen LogP contribution in [-0.2, 0) is 0 Å². The van der Waals surface area contributed by atoms with Crippen LogP contribution >= 0.6 is 12.4 Å². The van der Waals surface area contributed by atoms with Gasteiger partial charge in [-0.05, 0) is 6.07 Å². The molecule has 0 aliphatic rings. The van der Waals surface area contributed by atoms with E-state index in [2.05, 4.69) is 0 Å². The summed E-state index contributed by atoms with van der Waals surface area (Å²) in [6.07, 6.45) is -5.65. The first-order chi connectivity index (χ1) is 6.81. The average molecular weight is 258 g/mol. The Kier molecular flexibility index (Phi) is 4.89. The van der Waals surface area contributed by atoms with Crippen LogP contribution in [0.5, 0.6) is 11.5 Å². The third-order valence-corrected chi connectivity index (χ3v) is 1.90. The maximum atomic E-state index is 12.0. The molecule has 0 saturated carbocycles. The number of phenolic OH excluding ortho intramolecular Hbond substituents is 2. The summed E-state index contributed by atoms with van der Waals surface area (Å²) in [5.74, 6) is -1.08. The molecule has 0 spiro atoms. The molecule has 0 bridgehead atoms. The first-order valence-corrected chi connectivity index (χ1v) is 4.14. The fourth-order valence-corrected chi connectivity index (χ4v) is 1.21. The molecular formula is C9H11ClF3NO2. The molecule has 16 heavy (non-hydrogen) atoms. The van der Waals surface area contributed by atoms with Gasteiger partial charge in [-0.2, -0.15) is 13.2 Å². The van der Waals surface area contributed by atoms with Gasteiger partial charge < -0.3 is 15.9 Å². The summed E-state index contributed by atoms with van der Waals surface area (Å²) >= 11 is 0. The Balaban J connectivity index is 0.00000225. The Hall–Kier alpha value is -1.14. The zero-order valence-corrected chi connectivity index (χ0v) is 8.85. The van der Waals surface area contributed by atoms with Gasteiger partial charge in [-0.15, -0.1) is 12.4 Å². The summed E-state index contributed by atoms with van der Waals surface area (Å²) in [5, 5.41) is 18.3. The van der Waals surface area contributed by atoms with Crippen LogP contribution in [0.4, 0.5) is 13.2 Å². The first kappa shape index (κ1) is 14.9. The van der Waals surface area contributed by atoms with E-state index >= 15 is 0 Å². The number of benzene rings is 1. The lowest BCUT2D eigenvalue weighted by Crippen LogP contribution is -2.20. The molecule has 3 nitrogen and oxygen atoms in total. The van der Waals surface area contributed by atoms with Gasteiger partial charge in [0.2, 0.25) is 0 Å². The van der Waals surface area contributed by atoms with Crippen LogP contribution < -0.4 is 5.73 Å². The monoisotopic (exact) mass is 257 g/mol. The zero-order chi connectivity index (χ0) is 11.6. The molecule has 1 atom stereocenters. The molecule has 0 aromatic heterocycles. The molecule has 4 N–H and O–H groups in total. The number of para-hydroxylation sites is 1. The Bertz CT molecular complexity index is 357. The second-order valence-corrected chi connectivity index (χ2v) is 3.14. The molecule has 0 unspecified atom stereocenters. The predicted octanol–water partition coefficient (Wildman–Crippen LogP) is 2.47. The topological polar surface area (TPSA) is 66.5 Å². The number of hydrogen-bond acceptors (Lipinski definition) is 3. The molecule has 0 radical (unpaired) electrons. The van der Waals surface area contributed by atoms with Crippen LogP contribution in [0.15, 0.2) is 18.2 Å². The second-order valence-electron chi connectivity index (χ2n) is 3.14. The number of aromatic hydroxyl groups is 2. The van der Waals surface area contributed by atoms with Crippen molar-refractivity contribution in [1.82, 2.24) is 0 Å². The summed E-state index contributed by atoms with van der Waals surface area (Å²) in [5.41, 5.74) is 5.14. The minimum Gasteiger partial charge on any atom is -0.504 e. The number of phenols is 2. The van der Waals surface area contributed by atoms with Gasteiger partial charge in [0.05, 0.1) is 6.42 Å². The van der Waals surface area contributed by atoms with E-state index in [4.69, 9.17) is 10.8 Å². The van der Waals surface area contributed by atoms with Gasteiger partial charge in [-0.3, -0.25) is 0 Å². The van der Waals surface area contributed by atoms with Crippen molar-refractivity contribution >= 4 is 12.4 Å². The van der Waals surface area contributed by atoms with Crippen molar-refractivity contribution < 1.29 is 23.4 Å². The number of rotatable bonds is 2. The highest BCUT2D eigenvalue weighted by Gasteiger charge is 2.32. The van der Waals surface area contributed by atoms with E-state index in [0.717, 1.165) is 0 Å². The molecule has 0 fully saturated rings. The highest BCUT2D eigenvalue weighted by atomic mass is 35.5. The highest BCUT2D eigenvalue weighted by molar-refractivity contribution is 5.85. The van der Waals surface area contributed by atoms with E-state index < -0.39 is 30.1 Å². The third kappa shape index (κ3) is 3.79. The van der Waals surface area contributed by atoms with E-state index in [0.29, 0.717) is 0 Å². The van der Waals surface area contributed by atoms with Crippen LogP contribution in [-0.4, -0.2) is 16.4 Å². The van der Waals surface area contributed by atoms with Crippen molar-refractivity contribution in [1.29, 1.82) is 0 Å². The summed E-state index contributed by atoms with van der Waals surface area (Å²) in [4.78, 5) is 0. The molecule has 1 aromatic carbocycles. The normalized spacial score (nSPS) is 13.0. The fourth-order valence-electron chi connectivity index (χ4n) is 1.21. The van der Waals surface area contributed by atoms with E-state index in [9.17, 15) is 18.3 Å². The Labute approximate surface area is 96.1 Å². The Morgan fingerprint density at radius 3 is 2.31 bits per heavy atom. The van der Waals surface area contributed by atoms with Gasteiger partial charge in [0.1, 0.15) is 0 Å². The zero-order valence-electron chi connectivity index (χ0n) is 8.03. The van der Waals surface area contributed by atoms with Crippen molar-refractivity contribution in [3.8, 4) is 11.5 Å². The SMILES string of the molecule is Cl.N[C@@H](CC(F)(F)F)c1cccc(O)c1O. The first-order valence-electron chi connectivity index (χ1n) is 4.14. The minimum atomic E-state index is -4.41. The Morgan fingerprint density at radius 1 is 1.25 bits per heavy atom. The van der Waals surface area contributed by atoms with Gasteiger partial charge in [0.25, 0.3) is 0 Å². The summed E-state index contributed by atoms with van der Waals surface area (Å²) in [7, 11) is 0. The van der Waals surface area contributed by atoms with E-state index in [1.807, 2.05) is 0 Å². The van der Waals surface area contributed by atoms with Crippen molar-refractivity contribution in [2.75, 3.05) is 0 Å². The number of alkyl halides is 3. The quantitative estimate of drug-likeness (QED) is 0.713. The van der Waals surface area contributed by atoms with Gasteiger partial charge in [0.15, 0.2) is 11.5 Å². The molecule has 1 aromatic rings. The smallest absolute Gasteiger partial charge is 0.390 e. The fraction of sp³-hybridized carbons (Fsp3) is 0.333. The lowest BCUT2D eigenvalue weighted by molar-refractivity contribution is -0.138. The van der Waals surface area contributed by atoms with Crippen molar-refractivity contribution in [3.05, 3.63) is 23.8 Å². The molecule has 0 amide bonds. The van der Waals surface area contributed by atoms with Gasteiger partial charge in [-0.25, -0.2) is 0 Å². The molecule has 0 heterocycles. The molecule has 1 rings (SSSR count). The summed E-state index contributed by atoms with van der Waals surface area (Å²) in [6.45, 7) is 0. The van der Waals surface area contributed by atoms with Gasteiger partial charge >= 0.3 is 6.18 Å². The second kappa shape index (κ2) is 5.27.